The SMILES string of the molecule is Cn1cnc([N+](=O)[O-])c1NCCC1CCCO1. The largest absolute Gasteiger partial charge is 0.406 e. The molecular formula is C10H16N4O3. The van der Waals surface area contributed by atoms with Gasteiger partial charge in [-0.15, -0.1) is 0 Å². The van der Waals surface area contributed by atoms with E-state index in [1.54, 1.807) is 11.6 Å². The first-order valence-electron chi connectivity index (χ1n) is 5.69. The lowest BCUT2D eigenvalue weighted by molar-refractivity contribution is -0.388. The van der Waals surface area contributed by atoms with Gasteiger partial charge in [-0.05, 0) is 29.2 Å². The summed E-state index contributed by atoms with van der Waals surface area (Å²) < 4.78 is 7.10. The molecule has 2 heterocycles. The quantitative estimate of drug-likeness (QED) is 0.619. The van der Waals surface area contributed by atoms with Gasteiger partial charge < -0.3 is 20.2 Å². The van der Waals surface area contributed by atoms with Crippen LogP contribution in [0.2, 0.25) is 0 Å². The maximum Gasteiger partial charge on any atom is 0.406 e. The van der Waals surface area contributed by atoms with Crippen molar-refractivity contribution < 1.29 is 9.66 Å². The summed E-state index contributed by atoms with van der Waals surface area (Å²) in [5, 5.41) is 13.8. The number of hydrogen-bond acceptors (Lipinski definition) is 5. The predicted molar refractivity (Wildman–Crippen MR) is 61.9 cm³/mol. The van der Waals surface area contributed by atoms with Crippen molar-refractivity contribution in [2.24, 2.45) is 7.05 Å². The van der Waals surface area contributed by atoms with Gasteiger partial charge in [0.1, 0.15) is 0 Å². The fourth-order valence-electron chi connectivity index (χ4n) is 1.98. The van der Waals surface area contributed by atoms with Crippen LogP contribution in [0.25, 0.3) is 0 Å². The van der Waals surface area contributed by atoms with Crippen LogP contribution in [0.5, 0.6) is 0 Å². The van der Waals surface area contributed by atoms with Crippen molar-refractivity contribution in [2.45, 2.75) is 25.4 Å². The molecule has 1 aromatic rings. The second kappa shape index (κ2) is 5.13. The topological polar surface area (TPSA) is 82.2 Å². The van der Waals surface area contributed by atoms with E-state index in [-0.39, 0.29) is 11.9 Å². The Morgan fingerprint density at radius 1 is 1.76 bits per heavy atom. The van der Waals surface area contributed by atoms with Crippen molar-refractivity contribution in [2.75, 3.05) is 18.5 Å². The fraction of sp³-hybridized carbons (Fsp3) is 0.700. The van der Waals surface area contributed by atoms with Gasteiger partial charge in [0.05, 0.1) is 6.10 Å². The molecule has 0 aromatic carbocycles. The van der Waals surface area contributed by atoms with Crippen LogP contribution < -0.4 is 5.32 Å². The molecule has 1 N–H and O–H groups in total. The third kappa shape index (κ3) is 2.73. The third-order valence-corrected chi connectivity index (χ3v) is 2.87. The molecule has 0 aliphatic carbocycles. The number of anilines is 1. The van der Waals surface area contributed by atoms with Gasteiger partial charge in [0, 0.05) is 20.2 Å². The number of nitrogens with zero attached hydrogens (tertiary/aromatic N) is 3. The Morgan fingerprint density at radius 2 is 2.59 bits per heavy atom. The molecule has 0 spiro atoms. The number of aryl methyl sites for hydroxylation is 1. The van der Waals surface area contributed by atoms with Crippen molar-refractivity contribution in [1.82, 2.24) is 9.55 Å². The average molecular weight is 240 g/mol. The Labute approximate surface area is 98.9 Å². The first kappa shape index (κ1) is 11.8. The predicted octanol–water partition coefficient (Wildman–Crippen LogP) is 1.31. The van der Waals surface area contributed by atoms with Gasteiger partial charge in [0.2, 0.25) is 12.1 Å². The highest BCUT2D eigenvalue weighted by atomic mass is 16.6. The Kier molecular flexibility index (Phi) is 3.58. The number of rotatable bonds is 5. The van der Waals surface area contributed by atoms with E-state index in [9.17, 15) is 10.1 Å². The molecule has 7 nitrogen and oxygen atoms in total. The molecule has 94 valence electrons. The molecular weight excluding hydrogens is 224 g/mol. The molecule has 0 saturated carbocycles. The highest BCUT2D eigenvalue weighted by Crippen LogP contribution is 2.21. The van der Waals surface area contributed by atoms with Crippen molar-refractivity contribution in [3.63, 3.8) is 0 Å². The molecule has 1 aliphatic rings. The molecule has 1 fully saturated rings. The molecule has 2 rings (SSSR count). The number of ether oxygens (including phenoxy) is 1. The zero-order valence-corrected chi connectivity index (χ0v) is 9.76. The second-order valence-corrected chi connectivity index (χ2v) is 4.14. The van der Waals surface area contributed by atoms with Crippen molar-refractivity contribution >= 4 is 11.6 Å². The van der Waals surface area contributed by atoms with Crippen LogP contribution in [0.1, 0.15) is 19.3 Å². The zero-order valence-electron chi connectivity index (χ0n) is 9.76. The van der Waals surface area contributed by atoms with E-state index in [1.807, 2.05) is 0 Å². The van der Waals surface area contributed by atoms with E-state index in [1.165, 1.54) is 6.33 Å². The van der Waals surface area contributed by atoms with Crippen molar-refractivity contribution in [3.05, 3.63) is 16.4 Å². The highest BCUT2D eigenvalue weighted by molar-refractivity contribution is 5.51. The Balaban J connectivity index is 1.89. The summed E-state index contributed by atoms with van der Waals surface area (Å²) >= 11 is 0. The first-order valence-corrected chi connectivity index (χ1v) is 5.69. The smallest absolute Gasteiger partial charge is 0.378 e. The summed E-state index contributed by atoms with van der Waals surface area (Å²) in [5.41, 5.74) is 0. The minimum absolute atomic E-state index is 0.125. The van der Waals surface area contributed by atoms with E-state index in [4.69, 9.17) is 4.74 Å². The normalized spacial score (nSPS) is 19.5. The van der Waals surface area contributed by atoms with Gasteiger partial charge in [-0.3, -0.25) is 4.57 Å². The van der Waals surface area contributed by atoms with Crippen LogP contribution in [0.4, 0.5) is 11.6 Å². The van der Waals surface area contributed by atoms with E-state index < -0.39 is 4.92 Å². The van der Waals surface area contributed by atoms with E-state index in [0.29, 0.717) is 12.4 Å². The fourth-order valence-corrected chi connectivity index (χ4v) is 1.98. The number of hydrogen-bond donors (Lipinski definition) is 1. The third-order valence-electron chi connectivity index (χ3n) is 2.87. The lowest BCUT2D eigenvalue weighted by atomic mass is 10.2. The van der Waals surface area contributed by atoms with Crippen molar-refractivity contribution in [3.8, 4) is 0 Å². The van der Waals surface area contributed by atoms with Crippen LogP contribution >= 0.6 is 0 Å². The number of nitrogens with one attached hydrogen (secondary N) is 1. The highest BCUT2D eigenvalue weighted by Gasteiger charge is 2.20. The lowest BCUT2D eigenvalue weighted by Gasteiger charge is -2.10. The molecule has 0 radical (unpaired) electrons. The minimum atomic E-state index is -0.478. The minimum Gasteiger partial charge on any atom is -0.378 e. The summed E-state index contributed by atoms with van der Waals surface area (Å²) in [6.07, 6.45) is 4.77. The monoisotopic (exact) mass is 240 g/mol. The van der Waals surface area contributed by atoms with Gasteiger partial charge in [-0.25, -0.2) is 0 Å². The molecule has 1 aliphatic heterocycles. The summed E-state index contributed by atoms with van der Waals surface area (Å²) in [6.45, 7) is 1.49. The Hall–Kier alpha value is -1.63. The summed E-state index contributed by atoms with van der Waals surface area (Å²) in [5.74, 6) is 0.327. The standard InChI is InChI=1S/C10H16N4O3/c1-13-7-12-10(14(15)16)9(13)11-5-4-8-3-2-6-17-8/h7-8,11H,2-6H2,1H3. The van der Waals surface area contributed by atoms with Gasteiger partial charge in [0.15, 0.2) is 0 Å². The maximum absolute atomic E-state index is 10.7. The summed E-state index contributed by atoms with van der Waals surface area (Å²) in [7, 11) is 1.73. The summed E-state index contributed by atoms with van der Waals surface area (Å²) in [4.78, 5) is 14.0. The van der Waals surface area contributed by atoms with E-state index in [0.717, 1.165) is 25.9 Å². The Bertz CT molecular complexity index is 398. The zero-order chi connectivity index (χ0) is 12.3. The molecule has 1 atom stereocenters. The molecule has 1 aromatic heterocycles. The molecule has 7 heteroatoms. The van der Waals surface area contributed by atoms with E-state index >= 15 is 0 Å². The van der Waals surface area contributed by atoms with E-state index in [2.05, 4.69) is 10.3 Å². The van der Waals surface area contributed by atoms with Gasteiger partial charge in [-0.1, -0.05) is 0 Å². The average Bonchev–Trinajstić information content (AvgIpc) is 2.89. The maximum atomic E-state index is 10.7. The van der Waals surface area contributed by atoms with Gasteiger partial charge in [-0.2, -0.15) is 0 Å². The Morgan fingerprint density at radius 3 is 3.24 bits per heavy atom. The summed E-state index contributed by atoms with van der Waals surface area (Å²) in [6, 6.07) is 0. The molecule has 1 unspecified atom stereocenters. The molecule has 17 heavy (non-hydrogen) atoms. The van der Waals surface area contributed by atoms with Crippen LogP contribution in [-0.4, -0.2) is 33.7 Å². The number of imidazole rings is 1. The lowest BCUT2D eigenvalue weighted by Crippen LogP contribution is -2.14. The van der Waals surface area contributed by atoms with Gasteiger partial charge in [0.25, 0.3) is 0 Å². The first-order chi connectivity index (χ1) is 8.18. The van der Waals surface area contributed by atoms with Crippen molar-refractivity contribution in [1.29, 1.82) is 0 Å². The number of aromatic nitrogens is 2. The van der Waals surface area contributed by atoms with Gasteiger partial charge >= 0.3 is 5.82 Å². The molecule has 0 amide bonds. The van der Waals surface area contributed by atoms with Crippen LogP contribution in [0, 0.1) is 10.1 Å². The van der Waals surface area contributed by atoms with Crippen LogP contribution in [-0.2, 0) is 11.8 Å². The molecule has 1 saturated heterocycles. The van der Waals surface area contributed by atoms with Crippen LogP contribution in [0.15, 0.2) is 6.33 Å². The number of nitro groups is 1. The van der Waals surface area contributed by atoms with Crippen LogP contribution in [0.3, 0.4) is 0 Å². The molecule has 0 bridgehead atoms. The second-order valence-electron chi connectivity index (χ2n) is 4.14.